The first-order valence-electron chi connectivity index (χ1n) is 10.6. The lowest BCUT2D eigenvalue weighted by molar-refractivity contribution is -0.142. The molecule has 1 aliphatic rings. The van der Waals surface area contributed by atoms with Crippen molar-refractivity contribution in [3.05, 3.63) is 71.4 Å². The maximum Gasteiger partial charge on any atom is 0.336 e. The first kappa shape index (κ1) is 21.9. The number of hydrogen-bond donors (Lipinski definition) is 2. The predicted octanol–water partition coefficient (Wildman–Crippen LogP) is 4.44. The first-order valence-corrected chi connectivity index (χ1v) is 10.6. The van der Waals surface area contributed by atoms with Gasteiger partial charge in [0, 0.05) is 29.8 Å². The standard InChI is InChI=1S/C25H31NO4/c1-3-16-26(20-7-5-4-6-8-20)22-14-17-30-24(29)23(22)25(2,18-27)15-13-19-9-11-21(28)12-10-19/h4-12,27-28H,3,13-18H2,1-2H3/t25-/m1/s1. The minimum absolute atomic E-state index is 0.145. The Bertz CT molecular complexity index is 876. The number of aryl methyl sites for hydroxylation is 1. The monoisotopic (exact) mass is 409 g/mol. The van der Waals surface area contributed by atoms with Crippen LogP contribution in [0, 0.1) is 5.41 Å². The number of phenols is 1. The molecule has 5 nitrogen and oxygen atoms in total. The van der Waals surface area contributed by atoms with Crippen LogP contribution < -0.4 is 4.90 Å². The van der Waals surface area contributed by atoms with E-state index in [0.717, 1.165) is 29.9 Å². The highest BCUT2D eigenvalue weighted by Crippen LogP contribution is 2.40. The zero-order valence-electron chi connectivity index (χ0n) is 17.8. The van der Waals surface area contributed by atoms with E-state index >= 15 is 0 Å². The van der Waals surface area contributed by atoms with Crippen LogP contribution in [0.15, 0.2) is 65.9 Å². The molecule has 2 aromatic carbocycles. The Kier molecular flexibility index (Phi) is 7.16. The van der Waals surface area contributed by atoms with E-state index in [0.29, 0.717) is 31.4 Å². The predicted molar refractivity (Wildman–Crippen MR) is 118 cm³/mol. The lowest BCUT2D eigenvalue weighted by Crippen LogP contribution is -2.39. The van der Waals surface area contributed by atoms with E-state index in [1.165, 1.54) is 0 Å². The van der Waals surface area contributed by atoms with E-state index in [-0.39, 0.29) is 18.3 Å². The molecule has 5 heteroatoms. The third-order valence-electron chi connectivity index (χ3n) is 5.76. The second-order valence-corrected chi connectivity index (χ2v) is 8.08. The van der Waals surface area contributed by atoms with Crippen molar-refractivity contribution in [1.82, 2.24) is 0 Å². The van der Waals surface area contributed by atoms with E-state index in [1.807, 2.05) is 49.4 Å². The van der Waals surface area contributed by atoms with Gasteiger partial charge in [0.05, 0.1) is 18.8 Å². The Morgan fingerprint density at radius 3 is 2.43 bits per heavy atom. The van der Waals surface area contributed by atoms with Gasteiger partial charge in [0.1, 0.15) is 5.75 Å². The maximum atomic E-state index is 13.0. The van der Waals surface area contributed by atoms with Gasteiger partial charge in [-0.15, -0.1) is 0 Å². The number of esters is 1. The van der Waals surface area contributed by atoms with Gasteiger partial charge >= 0.3 is 5.97 Å². The number of carbonyl (C=O) groups excluding carboxylic acids is 1. The average Bonchev–Trinajstić information content (AvgIpc) is 2.77. The highest BCUT2D eigenvalue weighted by molar-refractivity contribution is 5.92. The van der Waals surface area contributed by atoms with Crippen molar-refractivity contribution in [1.29, 1.82) is 0 Å². The van der Waals surface area contributed by atoms with Gasteiger partial charge in [-0.2, -0.15) is 0 Å². The summed E-state index contributed by atoms with van der Waals surface area (Å²) in [5.74, 6) is -0.113. The van der Waals surface area contributed by atoms with Gasteiger partial charge in [0.25, 0.3) is 0 Å². The molecule has 3 rings (SSSR count). The number of cyclic esters (lactones) is 1. The molecule has 160 valence electrons. The molecule has 30 heavy (non-hydrogen) atoms. The van der Waals surface area contributed by atoms with Crippen LogP contribution in [0.1, 0.15) is 38.7 Å². The normalized spacial score (nSPS) is 16.2. The van der Waals surface area contributed by atoms with Crippen molar-refractivity contribution in [2.75, 3.05) is 24.7 Å². The fraction of sp³-hybridized carbons (Fsp3) is 0.400. The summed E-state index contributed by atoms with van der Waals surface area (Å²) in [6.07, 6.45) is 2.84. The second kappa shape index (κ2) is 9.81. The molecule has 1 aliphatic heterocycles. The number of carbonyl (C=O) groups is 1. The molecule has 0 aromatic heterocycles. The zero-order valence-corrected chi connectivity index (χ0v) is 17.8. The lowest BCUT2D eigenvalue weighted by Gasteiger charge is -2.38. The van der Waals surface area contributed by atoms with Gasteiger partial charge < -0.3 is 19.8 Å². The van der Waals surface area contributed by atoms with Crippen molar-refractivity contribution in [3.63, 3.8) is 0 Å². The van der Waals surface area contributed by atoms with Crippen molar-refractivity contribution >= 4 is 11.7 Å². The van der Waals surface area contributed by atoms with E-state index in [4.69, 9.17) is 4.74 Å². The highest BCUT2D eigenvalue weighted by Gasteiger charge is 2.39. The second-order valence-electron chi connectivity index (χ2n) is 8.08. The summed E-state index contributed by atoms with van der Waals surface area (Å²) in [7, 11) is 0. The van der Waals surface area contributed by atoms with Gasteiger partial charge in [-0.1, -0.05) is 44.2 Å². The number of aliphatic hydroxyl groups is 1. The molecular weight excluding hydrogens is 378 g/mol. The summed E-state index contributed by atoms with van der Waals surface area (Å²) in [6, 6.07) is 17.1. The molecule has 0 unspecified atom stereocenters. The van der Waals surface area contributed by atoms with Crippen LogP contribution >= 0.6 is 0 Å². The molecule has 0 aliphatic carbocycles. The molecule has 0 saturated heterocycles. The van der Waals surface area contributed by atoms with Crippen LogP contribution in [0.25, 0.3) is 0 Å². The lowest BCUT2D eigenvalue weighted by atomic mass is 9.75. The third kappa shape index (κ3) is 4.85. The fourth-order valence-corrected chi connectivity index (χ4v) is 4.04. The molecule has 0 saturated carbocycles. The number of aliphatic hydroxyl groups excluding tert-OH is 1. The minimum Gasteiger partial charge on any atom is -0.508 e. The Balaban J connectivity index is 1.99. The van der Waals surface area contributed by atoms with E-state index < -0.39 is 5.41 Å². The number of rotatable bonds is 9. The number of anilines is 1. The number of para-hydroxylation sites is 1. The summed E-state index contributed by atoms with van der Waals surface area (Å²) >= 11 is 0. The van der Waals surface area contributed by atoms with E-state index in [9.17, 15) is 15.0 Å². The third-order valence-corrected chi connectivity index (χ3v) is 5.76. The number of ether oxygens (including phenoxy) is 1. The van der Waals surface area contributed by atoms with E-state index in [2.05, 4.69) is 11.8 Å². The van der Waals surface area contributed by atoms with Gasteiger partial charge in [0.15, 0.2) is 0 Å². The van der Waals surface area contributed by atoms with Crippen LogP contribution in [-0.4, -0.2) is 35.9 Å². The molecule has 1 atom stereocenters. The summed E-state index contributed by atoms with van der Waals surface area (Å²) in [4.78, 5) is 15.2. The molecule has 0 bridgehead atoms. The number of hydrogen-bond acceptors (Lipinski definition) is 5. The fourth-order valence-electron chi connectivity index (χ4n) is 4.04. The summed E-state index contributed by atoms with van der Waals surface area (Å²) in [5.41, 5.74) is 2.88. The number of benzene rings is 2. The van der Waals surface area contributed by atoms with Gasteiger partial charge in [-0.25, -0.2) is 4.79 Å². The summed E-state index contributed by atoms with van der Waals surface area (Å²) in [5, 5.41) is 19.9. The van der Waals surface area contributed by atoms with Gasteiger partial charge in [-0.05, 0) is 49.1 Å². The van der Waals surface area contributed by atoms with Crippen molar-refractivity contribution in [2.45, 2.75) is 39.5 Å². The molecule has 0 radical (unpaired) electrons. The van der Waals surface area contributed by atoms with Crippen LogP contribution in [0.3, 0.4) is 0 Å². The quantitative estimate of drug-likeness (QED) is 0.599. The van der Waals surface area contributed by atoms with Crippen LogP contribution in [0.4, 0.5) is 5.69 Å². The Hall–Kier alpha value is -2.79. The average molecular weight is 410 g/mol. The minimum atomic E-state index is -0.731. The van der Waals surface area contributed by atoms with Crippen LogP contribution in [-0.2, 0) is 16.0 Å². The van der Waals surface area contributed by atoms with Gasteiger partial charge in [0.2, 0.25) is 0 Å². The molecule has 0 amide bonds. The molecule has 0 spiro atoms. The first-order chi connectivity index (χ1) is 14.5. The van der Waals surface area contributed by atoms with Gasteiger partial charge in [-0.3, -0.25) is 0 Å². The maximum absolute atomic E-state index is 13.0. The SMILES string of the molecule is CCCN(C1=C([C@@](C)(CO)CCc2ccc(O)cc2)C(=O)OCC1)c1ccccc1. The molecule has 2 aromatic rings. The summed E-state index contributed by atoms with van der Waals surface area (Å²) in [6.45, 7) is 5.05. The summed E-state index contributed by atoms with van der Waals surface area (Å²) < 4.78 is 5.43. The largest absolute Gasteiger partial charge is 0.508 e. The van der Waals surface area contributed by atoms with Crippen LogP contribution in [0.5, 0.6) is 5.75 Å². The topological polar surface area (TPSA) is 70.0 Å². The molecule has 2 N–H and O–H groups in total. The number of nitrogens with zero attached hydrogens (tertiary/aromatic N) is 1. The highest BCUT2D eigenvalue weighted by atomic mass is 16.5. The Morgan fingerprint density at radius 1 is 1.10 bits per heavy atom. The van der Waals surface area contributed by atoms with Crippen molar-refractivity contribution in [3.8, 4) is 5.75 Å². The Labute approximate surface area is 178 Å². The molecule has 0 fully saturated rings. The van der Waals surface area contributed by atoms with Crippen LogP contribution in [0.2, 0.25) is 0 Å². The number of aromatic hydroxyl groups is 1. The molecular formula is C25H31NO4. The van der Waals surface area contributed by atoms with E-state index in [1.54, 1.807) is 12.1 Å². The zero-order chi connectivity index (χ0) is 21.6. The van der Waals surface area contributed by atoms with Crippen molar-refractivity contribution in [2.24, 2.45) is 5.41 Å². The Morgan fingerprint density at radius 2 is 1.80 bits per heavy atom. The molecule has 1 heterocycles. The number of phenolic OH excluding ortho intramolecular Hbond substituents is 1. The van der Waals surface area contributed by atoms with Crippen molar-refractivity contribution < 1.29 is 19.7 Å². The smallest absolute Gasteiger partial charge is 0.336 e.